The van der Waals surface area contributed by atoms with Crippen molar-refractivity contribution in [3.05, 3.63) is 36.1 Å². The number of nitrogens with one attached hydrogen (secondary N) is 1. The molecule has 1 aromatic carbocycles. The fourth-order valence-electron chi connectivity index (χ4n) is 3.07. The minimum Gasteiger partial charge on any atom is -0.480 e. The molecule has 28 heavy (non-hydrogen) atoms. The zero-order valence-corrected chi connectivity index (χ0v) is 15.7. The lowest BCUT2D eigenvalue weighted by Gasteiger charge is -2.21. The number of carboxylic acids is 2. The Hall–Kier alpha value is -3.00. The molecule has 3 rings (SSSR count). The van der Waals surface area contributed by atoms with E-state index in [2.05, 4.69) is 5.32 Å². The summed E-state index contributed by atoms with van der Waals surface area (Å²) >= 11 is 0. The number of ether oxygens (including phenoxy) is 2. The maximum atomic E-state index is 11.6. The summed E-state index contributed by atoms with van der Waals surface area (Å²) in [6.45, 7) is 3.95. The van der Waals surface area contributed by atoms with Crippen LogP contribution in [-0.4, -0.2) is 41.0 Å². The molecule has 0 aliphatic carbocycles. The van der Waals surface area contributed by atoms with Gasteiger partial charge in [0.05, 0.1) is 0 Å². The summed E-state index contributed by atoms with van der Waals surface area (Å²) in [6.07, 6.45) is 0.363. The number of rotatable bonds is 9. The summed E-state index contributed by atoms with van der Waals surface area (Å²) in [7, 11) is 0. The minimum absolute atomic E-state index is 0.0295. The van der Waals surface area contributed by atoms with Crippen molar-refractivity contribution in [2.75, 3.05) is 6.79 Å². The quantitative estimate of drug-likeness (QED) is 0.599. The van der Waals surface area contributed by atoms with Crippen LogP contribution in [0, 0.1) is 5.92 Å². The smallest absolute Gasteiger partial charge is 0.321 e. The van der Waals surface area contributed by atoms with E-state index in [-0.39, 0.29) is 19.1 Å². The molecule has 3 N–H and O–H groups in total. The highest BCUT2D eigenvalue weighted by Crippen LogP contribution is 2.36. The number of hydrogen-bond acceptors (Lipinski definition) is 6. The number of fused-ring (bicyclic) bond motifs is 1. The van der Waals surface area contributed by atoms with Gasteiger partial charge in [-0.05, 0) is 42.7 Å². The molecule has 0 bridgehead atoms. The van der Waals surface area contributed by atoms with Crippen LogP contribution in [0.15, 0.2) is 34.7 Å². The maximum Gasteiger partial charge on any atom is 0.321 e. The maximum absolute atomic E-state index is 11.6. The summed E-state index contributed by atoms with van der Waals surface area (Å²) in [5.41, 5.74) is 0.776. The van der Waals surface area contributed by atoms with Gasteiger partial charge in [0, 0.05) is 12.0 Å². The van der Waals surface area contributed by atoms with Crippen molar-refractivity contribution in [3.63, 3.8) is 0 Å². The molecule has 2 aromatic rings. The summed E-state index contributed by atoms with van der Waals surface area (Å²) < 4.78 is 16.4. The van der Waals surface area contributed by atoms with Gasteiger partial charge in [-0.2, -0.15) is 0 Å². The molecule has 8 nitrogen and oxygen atoms in total. The molecule has 2 heterocycles. The minimum atomic E-state index is -1.13. The van der Waals surface area contributed by atoms with Crippen molar-refractivity contribution in [2.24, 2.45) is 5.92 Å². The van der Waals surface area contributed by atoms with Gasteiger partial charge in [0.25, 0.3) is 0 Å². The monoisotopic (exact) mass is 389 g/mol. The first-order valence-corrected chi connectivity index (χ1v) is 9.04. The Kier molecular flexibility index (Phi) is 5.89. The van der Waals surface area contributed by atoms with Crippen molar-refractivity contribution in [1.29, 1.82) is 0 Å². The van der Waals surface area contributed by atoms with Crippen molar-refractivity contribution in [2.45, 2.75) is 38.8 Å². The molecule has 1 unspecified atom stereocenters. The topological polar surface area (TPSA) is 118 Å². The summed E-state index contributed by atoms with van der Waals surface area (Å²) in [5.74, 6) is 0.213. The standard InChI is InChI=1S/C20H23NO7/c1-11(2)7-14(19(22)23)21-15(20(24)25)9-13-4-6-16(28-13)12-3-5-17-18(8-12)27-10-26-17/h3-6,8,11,14-15,21H,7,9-10H2,1-2H3,(H,22,23)(H,24,25)/t14-,15?/m0/s1. The van der Waals surface area contributed by atoms with Gasteiger partial charge < -0.3 is 24.1 Å². The average Bonchev–Trinajstić information content (AvgIpc) is 3.28. The molecule has 0 fully saturated rings. The fourth-order valence-corrected chi connectivity index (χ4v) is 3.07. The zero-order chi connectivity index (χ0) is 20.3. The highest BCUT2D eigenvalue weighted by molar-refractivity contribution is 5.77. The molecule has 1 aromatic heterocycles. The largest absolute Gasteiger partial charge is 0.480 e. The lowest BCUT2D eigenvalue weighted by atomic mass is 10.0. The Bertz CT molecular complexity index is 858. The van der Waals surface area contributed by atoms with E-state index in [1.165, 1.54) is 0 Å². The Morgan fingerprint density at radius 2 is 1.75 bits per heavy atom. The fraction of sp³-hybridized carbons (Fsp3) is 0.400. The van der Waals surface area contributed by atoms with Crippen molar-refractivity contribution >= 4 is 11.9 Å². The van der Waals surface area contributed by atoms with Crippen molar-refractivity contribution in [3.8, 4) is 22.8 Å². The molecule has 1 aliphatic heterocycles. The summed E-state index contributed by atoms with van der Waals surface area (Å²) in [5, 5.41) is 21.6. The van der Waals surface area contributed by atoms with Crippen LogP contribution in [-0.2, 0) is 16.0 Å². The Labute approximate surface area is 162 Å². The van der Waals surface area contributed by atoms with Gasteiger partial charge in [0.1, 0.15) is 23.6 Å². The number of carbonyl (C=O) groups is 2. The van der Waals surface area contributed by atoms with E-state index in [1.54, 1.807) is 24.3 Å². The first kappa shape index (κ1) is 19.8. The van der Waals surface area contributed by atoms with Gasteiger partial charge in [-0.1, -0.05) is 13.8 Å². The van der Waals surface area contributed by atoms with Gasteiger partial charge in [-0.3, -0.25) is 14.9 Å². The highest BCUT2D eigenvalue weighted by atomic mass is 16.7. The van der Waals surface area contributed by atoms with E-state index in [4.69, 9.17) is 13.9 Å². The Balaban J connectivity index is 1.72. The number of carboxylic acid groups (broad SMARTS) is 2. The van der Waals surface area contributed by atoms with Crippen molar-refractivity contribution < 1.29 is 33.7 Å². The first-order valence-electron chi connectivity index (χ1n) is 9.04. The molecule has 2 atom stereocenters. The number of hydrogen-bond donors (Lipinski definition) is 3. The molecule has 0 saturated heterocycles. The molecular formula is C20H23NO7. The molecule has 0 radical (unpaired) electrons. The second kappa shape index (κ2) is 8.35. The van der Waals surface area contributed by atoms with Gasteiger partial charge in [-0.25, -0.2) is 0 Å². The zero-order valence-electron chi connectivity index (χ0n) is 15.7. The van der Waals surface area contributed by atoms with E-state index < -0.39 is 24.0 Å². The number of aliphatic carboxylic acids is 2. The third-order valence-electron chi connectivity index (χ3n) is 4.43. The molecule has 0 saturated carbocycles. The summed E-state index contributed by atoms with van der Waals surface area (Å²) in [4.78, 5) is 23.1. The normalized spacial score (nSPS) is 14.8. The Morgan fingerprint density at radius 1 is 1.04 bits per heavy atom. The van der Waals surface area contributed by atoms with E-state index in [9.17, 15) is 19.8 Å². The van der Waals surface area contributed by atoms with E-state index >= 15 is 0 Å². The number of benzene rings is 1. The predicted molar refractivity (Wildman–Crippen MR) is 99.4 cm³/mol. The molecule has 0 amide bonds. The van der Waals surface area contributed by atoms with E-state index in [0.29, 0.717) is 29.4 Å². The third-order valence-corrected chi connectivity index (χ3v) is 4.43. The molecule has 8 heteroatoms. The first-order chi connectivity index (χ1) is 13.3. The molecule has 1 aliphatic rings. The predicted octanol–water partition coefficient (Wildman–Crippen LogP) is 2.76. The highest BCUT2D eigenvalue weighted by Gasteiger charge is 2.27. The SMILES string of the molecule is CC(C)C[C@H](NC(Cc1ccc(-c2ccc3c(c2)OCO3)o1)C(=O)O)C(=O)O. The lowest BCUT2D eigenvalue weighted by molar-refractivity contribution is -0.143. The van der Waals surface area contributed by atoms with Gasteiger partial charge in [0.15, 0.2) is 11.5 Å². The Morgan fingerprint density at radius 3 is 2.43 bits per heavy atom. The van der Waals surface area contributed by atoms with Crippen LogP contribution in [0.3, 0.4) is 0 Å². The van der Waals surface area contributed by atoms with Crippen LogP contribution in [0.25, 0.3) is 11.3 Å². The summed E-state index contributed by atoms with van der Waals surface area (Å²) in [6, 6.07) is 6.82. The van der Waals surface area contributed by atoms with Crippen LogP contribution in [0.4, 0.5) is 0 Å². The van der Waals surface area contributed by atoms with Gasteiger partial charge in [0.2, 0.25) is 6.79 Å². The van der Waals surface area contributed by atoms with Crippen LogP contribution < -0.4 is 14.8 Å². The van der Waals surface area contributed by atoms with E-state index in [1.807, 2.05) is 19.9 Å². The third kappa shape index (κ3) is 4.64. The van der Waals surface area contributed by atoms with Crippen LogP contribution in [0.5, 0.6) is 11.5 Å². The van der Waals surface area contributed by atoms with Gasteiger partial charge in [-0.15, -0.1) is 0 Å². The molecular weight excluding hydrogens is 366 g/mol. The van der Waals surface area contributed by atoms with Gasteiger partial charge >= 0.3 is 11.9 Å². The second-order valence-electron chi connectivity index (χ2n) is 7.12. The van der Waals surface area contributed by atoms with E-state index in [0.717, 1.165) is 5.56 Å². The molecule has 150 valence electrons. The lowest BCUT2D eigenvalue weighted by Crippen LogP contribution is -2.48. The average molecular weight is 389 g/mol. The van der Waals surface area contributed by atoms with Crippen LogP contribution in [0.2, 0.25) is 0 Å². The number of furan rings is 1. The van der Waals surface area contributed by atoms with Crippen LogP contribution in [0.1, 0.15) is 26.0 Å². The molecule has 0 spiro atoms. The second-order valence-corrected chi connectivity index (χ2v) is 7.12. The van der Waals surface area contributed by atoms with Crippen LogP contribution >= 0.6 is 0 Å². The van der Waals surface area contributed by atoms with Crippen molar-refractivity contribution in [1.82, 2.24) is 5.32 Å².